The molecule has 1 aliphatic heterocycles. The second-order valence-corrected chi connectivity index (χ2v) is 7.04. The normalized spacial score (nSPS) is 15.9. The lowest BCUT2D eigenvalue weighted by atomic mass is 10.1. The van der Waals surface area contributed by atoms with E-state index in [-0.39, 0.29) is 17.9 Å². The number of ether oxygens (including phenoxy) is 1. The van der Waals surface area contributed by atoms with Crippen LogP contribution in [0.4, 0.5) is 5.69 Å². The van der Waals surface area contributed by atoms with Crippen LogP contribution in [0.2, 0.25) is 0 Å². The van der Waals surface area contributed by atoms with Gasteiger partial charge in [0, 0.05) is 39.8 Å². The van der Waals surface area contributed by atoms with Crippen LogP contribution in [-0.2, 0) is 4.79 Å². The molecule has 0 spiro atoms. The lowest BCUT2D eigenvalue weighted by molar-refractivity contribution is -0.131. The summed E-state index contributed by atoms with van der Waals surface area (Å²) in [4.78, 5) is 30.5. The van der Waals surface area contributed by atoms with Crippen LogP contribution in [0.5, 0.6) is 5.75 Å². The van der Waals surface area contributed by atoms with E-state index >= 15 is 0 Å². The Bertz CT molecular complexity index is 639. The van der Waals surface area contributed by atoms with E-state index in [1.807, 2.05) is 24.1 Å². The molecule has 1 aromatic rings. The fraction of sp³-hybridized carbons (Fsp3) is 0.600. The fourth-order valence-corrected chi connectivity index (χ4v) is 3.23. The zero-order chi connectivity index (χ0) is 19.3. The molecule has 0 fully saturated rings. The van der Waals surface area contributed by atoms with Gasteiger partial charge in [-0.1, -0.05) is 13.8 Å². The first kappa shape index (κ1) is 20.1. The molecule has 26 heavy (non-hydrogen) atoms. The highest BCUT2D eigenvalue weighted by atomic mass is 16.5. The third-order valence-electron chi connectivity index (χ3n) is 4.72. The molecule has 144 valence electrons. The van der Waals surface area contributed by atoms with Crippen LogP contribution in [0, 0.1) is 0 Å². The second kappa shape index (κ2) is 8.92. The molecule has 6 heteroatoms. The van der Waals surface area contributed by atoms with Crippen LogP contribution in [0.1, 0.15) is 43.5 Å². The van der Waals surface area contributed by atoms with Gasteiger partial charge in [-0.15, -0.1) is 0 Å². The van der Waals surface area contributed by atoms with Gasteiger partial charge in [0.05, 0.1) is 18.2 Å². The monoisotopic (exact) mass is 361 g/mol. The number of carbonyl (C=O) groups is 2. The van der Waals surface area contributed by atoms with Crippen molar-refractivity contribution in [2.75, 3.05) is 45.7 Å². The number of likely N-dealkylation sites (N-methyl/N-ethyl adjacent to an activating group) is 1. The predicted octanol–water partition coefficient (Wildman–Crippen LogP) is 2.62. The Kier molecular flexibility index (Phi) is 6.89. The van der Waals surface area contributed by atoms with Gasteiger partial charge in [0.25, 0.3) is 5.91 Å². The van der Waals surface area contributed by atoms with Crippen molar-refractivity contribution in [1.82, 2.24) is 9.80 Å². The molecule has 0 aliphatic carbocycles. The van der Waals surface area contributed by atoms with Crippen molar-refractivity contribution in [1.29, 1.82) is 0 Å². The van der Waals surface area contributed by atoms with Gasteiger partial charge in [-0.25, -0.2) is 0 Å². The summed E-state index contributed by atoms with van der Waals surface area (Å²) in [6, 6.07) is 5.44. The van der Waals surface area contributed by atoms with E-state index in [4.69, 9.17) is 4.74 Å². The van der Waals surface area contributed by atoms with Crippen molar-refractivity contribution in [3.05, 3.63) is 23.8 Å². The fourth-order valence-electron chi connectivity index (χ4n) is 3.23. The quantitative estimate of drug-likeness (QED) is 0.749. The van der Waals surface area contributed by atoms with Gasteiger partial charge in [0.1, 0.15) is 12.4 Å². The number of amides is 2. The minimum Gasteiger partial charge on any atom is -0.489 e. The third kappa shape index (κ3) is 4.48. The maximum atomic E-state index is 12.7. The summed E-state index contributed by atoms with van der Waals surface area (Å²) in [6.45, 7) is 6.24. The van der Waals surface area contributed by atoms with E-state index in [0.29, 0.717) is 18.6 Å². The predicted molar refractivity (Wildman–Crippen MR) is 104 cm³/mol. The summed E-state index contributed by atoms with van der Waals surface area (Å²) >= 11 is 0. The number of rotatable bonds is 7. The van der Waals surface area contributed by atoms with Gasteiger partial charge in [0.15, 0.2) is 0 Å². The van der Waals surface area contributed by atoms with E-state index < -0.39 is 0 Å². The number of fused-ring (bicyclic) bond motifs is 1. The van der Waals surface area contributed by atoms with Crippen molar-refractivity contribution >= 4 is 17.5 Å². The molecule has 1 unspecified atom stereocenters. The molecule has 1 atom stereocenters. The first-order chi connectivity index (χ1) is 12.4. The van der Waals surface area contributed by atoms with Gasteiger partial charge in [0.2, 0.25) is 5.91 Å². The van der Waals surface area contributed by atoms with E-state index in [2.05, 4.69) is 18.7 Å². The SMILES string of the molecule is CCCN(CCC)C(=O)CC1COc2ccc(C(=O)N(C)C)cc2N1C. The average molecular weight is 361 g/mol. The second-order valence-electron chi connectivity index (χ2n) is 7.04. The van der Waals surface area contributed by atoms with Crippen molar-refractivity contribution in [3.63, 3.8) is 0 Å². The van der Waals surface area contributed by atoms with E-state index in [0.717, 1.165) is 37.4 Å². The molecule has 1 heterocycles. The van der Waals surface area contributed by atoms with Crippen molar-refractivity contribution < 1.29 is 14.3 Å². The molecule has 0 saturated heterocycles. The number of hydrogen-bond acceptors (Lipinski definition) is 4. The molecule has 1 aliphatic rings. The van der Waals surface area contributed by atoms with E-state index in [1.165, 1.54) is 0 Å². The van der Waals surface area contributed by atoms with Crippen LogP contribution in [-0.4, -0.2) is 68.5 Å². The Morgan fingerprint density at radius 2 is 1.85 bits per heavy atom. The molecule has 0 N–H and O–H groups in total. The zero-order valence-electron chi connectivity index (χ0n) is 16.6. The number of anilines is 1. The van der Waals surface area contributed by atoms with Crippen LogP contribution >= 0.6 is 0 Å². The molecule has 2 rings (SSSR count). The molecule has 1 aromatic carbocycles. The Morgan fingerprint density at radius 1 is 1.19 bits per heavy atom. The Labute approximate surface area is 156 Å². The number of carbonyl (C=O) groups excluding carboxylic acids is 2. The van der Waals surface area contributed by atoms with Crippen LogP contribution in [0.3, 0.4) is 0 Å². The zero-order valence-corrected chi connectivity index (χ0v) is 16.6. The highest BCUT2D eigenvalue weighted by molar-refractivity contribution is 5.95. The Balaban J connectivity index is 2.15. The van der Waals surface area contributed by atoms with Crippen molar-refractivity contribution in [2.45, 2.75) is 39.2 Å². The molecule has 0 radical (unpaired) electrons. The highest BCUT2D eigenvalue weighted by Crippen LogP contribution is 2.34. The highest BCUT2D eigenvalue weighted by Gasteiger charge is 2.29. The number of hydrogen-bond donors (Lipinski definition) is 0. The van der Waals surface area contributed by atoms with E-state index in [1.54, 1.807) is 25.1 Å². The van der Waals surface area contributed by atoms with Gasteiger partial charge in [-0.3, -0.25) is 9.59 Å². The third-order valence-corrected chi connectivity index (χ3v) is 4.72. The Hall–Kier alpha value is -2.24. The molecule has 2 amide bonds. The summed E-state index contributed by atoms with van der Waals surface area (Å²) in [6.07, 6.45) is 2.34. The topological polar surface area (TPSA) is 53.1 Å². The summed E-state index contributed by atoms with van der Waals surface area (Å²) in [5, 5.41) is 0. The first-order valence-corrected chi connectivity index (χ1v) is 9.38. The summed E-state index contributed by atoms with van der Waals surface area (Å²) in [5.74, 6) is 0.875. The minimum absolute atomic E-state index is 0.0316. The lowest BCUT2D eigenvalue weighted by Gasteiger charge is -2.36. The van der Waals surface area contributed by atoms with E-state index in [9.17, 15) is 9.59 Å². The first-order valence-electron chi connectivity index (χ1n) is 9.38. The number of benzene rings is 1. The van der Waals surface area contributed by atoms with Gasteiger partial charge >= 0.3 is 0 Å². The smallest absolute Gasteiger partial charge is 0.253 e. The summed E-state index contributed by atoms with van der Waals surface area (Å²) in [7, 11) is 5.44. The van der Waals surface area contributed by atoms with Crippen molar-refractivity contribution in [2.24, 2.45) is 0 Å². The van der Waals surface area contributed by atoms with Gasteiger partial charge in [-0.2, -0.15) is 0 Å². The minimum atomic E-state index is -0.0449. The maximum Gasteiger partial charge on any atom is 0.253 e. The summed E-state index contributed by atoms with van der Waals surface area (Å²) in [5.41, 5.74) is 1.48. The molecular weight excluding hydrogens is 330 g/mol. The largest absolute Gasteiger partial charge is 0.489 e. The molecule has 6 nitrogen and oxygen atoms in total. The van der Waals surface area contributed by atoms with Crippen LogP contribution < -0.4 is 9.64 Å². The summed E-state index contributed by atoms with van der Waals surface area (Å²) < 4.78 is 5.86. The molecular formula is C20H31N3O3. The van der Waals surface area contributed by atoms with Gasteiger partial charge in [-0.05, 0) is 31.0 Å². The standard InChI is InChI=1S/C20H31N3O3/c1-6-10-23(11-7-2)19(24)13-16-14-26-18-9-8-15(20(25)21(3)4)12-17(18)22(16)5/h8-9,12,16H,6-7,10-11,13-14H2,1-5H3. The lowest BCUT2D eigenvalue weighted by Crippen LogP contribution is -2.45. The Morgan fingerprint density at radius 3 is 2.42 bits per heavy atom. The molecule has 0 bridgehead atoms. The molecule has 0 aromatic heterocycles. The average Bonchev–Trinajstić information content (AvgIpc) is 2.62. The van der Waals surface area contributed by atoms with Crippen LogP contribution in [0.25, 0.3) is 0 Å². The number of nitrogens with zero attached hydrogens (tertiary/aromatic N) is 3. The molecule has 0 saturated carbocycles. The maximum absolute atomic E-state index is 12.7. The van der Waals surface area contributed by atoms with Crippen LogP contribution in [0.15, 0.2) is 18.2 Å². The van der Waals surface area contributed by atoms with Crippen molar-refractivity contribution in [3.8, 4) is 5.75 Å². The van der Waals surface area contributed by atoms with Gasteiger partial charge < -0.3 is 19.4 Å².